The van der Waals surface area contributed by atoms with Gasteiger partial charge >= 0.3 is 0 Å². The van der Waals surface area contributed by atoms with Crippen LogP contribution in [-0.2, 0) is 17.8 Å². The van der Waals surface area contributed by atoms with Gasteiger partial charge in [-0.2, -0.15) is 0 Å². The predicted molar refractivity (Wildman–Crippen MR) is 121 cm³/mol. The molecule has 4 rings (SSSR count). The normalized spacial score (nSPS) is 23.6. The highest BCUT2D eigenvalue weighted by molar-refractivity contribution is 5.25. The van der Waals surface area contributed by atoms with Crippen LogP contribution in [0.25, 0.3) is 0 Å². The summed E-state index contributed by atoms with van der Waals surface area (Å²) in [7, 11) is 0. The molecule has 162 valence electrons. The molecule has 1 fully saturated rings. The minimum absolute atomic E-state index is 0.290. The van der Waals surface area contributed by atoms with Crippen molar-refractivity contribution in [2.24, 2.45) is 5.73 Å². The van der Waals surface area contributed by atoms with Gasteiger partial charge in [0.25, 0.3) is 0 Å². The Bertz CT molecular complexity index is 769. The Morgan fingerprint density at radius 2 is 2.03 bits per heavy atom. The molecule has 1 aromatic carbocycles. The summed E-state index contributed by atoms with van der Waals surface area (Å²) in [4.78, 5) is 7.46. The second-order valence-electron chi connectivity index (χ2n) is 8.71. The van der Waals surface area contributed by atoms with Gasteiger partial charge in [0.2, 0.25) is 0 Å². The first-order chi connectivity index (χ1) is 14.8. The summed E-state index contributed by atoms with van der Waals surface area (Å²) in [6.07, 6.45) is 9.16. The number of aromatic nitrogens is 1. The Hall–Kier alpha value is -1.79. The Labute approximate surface area is 181 Å². The van der Waals surface area contributed by atoms with Crippen LogP contribution < -0.4 is 11.1 Å². The van der Waals surface area contributed by atoms with Crippen LogP contribution in [-0.4, -0.2) is 48.2 Å². The van der Waals surface area contributed by atoms with Crippen LogP contribution in [0.3, 0.4) is 0 Å². The van der Waals surface area contributed by atoms with Crippen LogP contribution in [0, 0.1) is 0 Å². The van der Waals surface area contributed by atoms with E-state index in [-0.39, 0.29) is 6.10 Å². The minimum Gasteiger partial charge on any atom is -0.372 e. The second-order valence-corrected chi connectivity index (χ2v) is 8.71. The zero-order chi connectivity index (χ0) is 20.6. The maximum atomic E-state index is 6.19. The fourth-order valence-electron chi connectivity index (χ4n) is 4.89. The Kier molecular flexibility index (Phi) is 7.87. The molecule has 30 heavy (non-hydrogen) atoms. The van der Waals surface area contributed by atoms with E-state index in [1.165, 1.54) is 29.7 Å². The van der Waals surface area contributed by atoms with Crippen molar-refractivity contribution in [1.29, 1.82) is 0 Å². The Balaban J connectivity index is 1.35. The maximum absolute atomic E-state index is 6.19. The van der Waals surface area contributed by atoms with Gasteiger partial charge in [0.15, 0.2) is 0 Å². The van der Waals surface area contributed by atoms with Gasteiger partial charge < -0.3 is 15.8 Å². The number of aryl methyl sites for hydroxylation is 1. The lowest BCUT2D eigenvalue weighted by Gasteiger charge is -2.36. The van der Waals surface area contributed by atoms with E-state index >= 15 is 0 Å². The minimum atomic E-state index is 0.290. The van der Waals surface area contributed by atoms with Gasteiger partial charge in [-0.1, -0.05) is 36.4 Å². The lowest BCUT2D eigenvalue weighted by molar-refractivity contribution is 0.0509. The molecule has 1 saturated heterocycles. The predicted octanol–water partition coefficient (Wildman–Crippen LogP) is 3.45. The highest BCUT2D eigenvalue weighted by Gasteiger charge is 2.31. The van der Waals surface area contributed by atoms with E-state index in [0.29, 0.717) is 18.7 Å². The third kappa shape index (κ3) is 5.67. The van der Waals surface area contributed by atoms with Gasteiger partial charge in [0.1, 0.15) is 0 Å². The first-order valence-corrected chi connectivity index (χ1v) is 11.6. The van der Waals surface area contributed by atoms with Crippen molar-refractivity contribution in [3.8, 4) is 0 Å². The molecular formula is C25H36N4O. The van der Waals surface area contributed by atoms with E-state index in [4.69, 9.17) is 15.5 Å². The highest BCUT2D eigenvalue weighted by Crippen LogP contribution is 2.33. The number of fused-ring (bicyclic) bond motifs is 1. The molecule has 2 aliphatic rings. The van der Waals surface area contributed by atoms with Crippen molar-refractivity contribution in [2.75, 3.05) is 26.2 Å². The third-order valence-electron chi connectivity index (χ3n) is 6.47. The molecule has 1 aliphatic carbocycles. The van der Waals surface area contributed by atoms with Crippen LogP contribution in [0.1, 0.15) is 55.0 Å². The Morgan fingerprint density at radius 1 is 1.13 bits per heavy atom. The number of hydrogen-bond donors (Lipinski definition) is 2. The summed E-state index contributed by atoms with van der Waals surface area (Å²) in [6.45, 7) is 4.54. The Morgan fingerprint density at radius 3 is 2.90 bits per heavy atom. The number of pyridine rings is 1. The lowest BCUT2D eigenvalue weighted by Crippen LogP contribution is -2.41. The maximum Gasteiger partial charge on any atom is 0.0721 e. The number of hydrogen-bond acceptors (Lipinski definition) is 5. The summed E-state index contributed by atoms with van der Waals surface area (Å²) in [5.74, 6) is 0. The molecule has 3 atom stereocenters. The van der Waals surface area contributed by atoms with E-state index in [1.54, 1.807) is 0 Å². The van der Waals surface area contributed by atoms with Gasteiger partial charge in [0, 0.05) is 25.3 Å². The van der Waals surface area contributed by atoms with Crippen molar-refractivity contribution in [3.63, 3.8) is 0 Å². The fourth-order valence-corrected chi connectivity index (χ4v) is 4.89. The zero-order valence-electron chi connectivity index (χ0n) is 18.0. The smallest absolute Gasteiger partial charge is 0.0721 e. The van der Waals surface area contributed by atoms with Crippen LogP contribution >= 0.6 is 0 Å². The van der Waals surface area contributed by atoms with Gasteiger partial charge in [0.05, 0.1) is 24.4 Å². The monoisotopic (exact) mass is 408 g/mol. The number of benzene rings is 1. The van der Waals surface area contributed by atoms with E-state index in [1.807, 2.05) is 12.3 Å². The molecule has 5 heteroatoms. The lowest BCUT2D eigenvalue weighted by atomic mass is 9.90. The van der Waals surface area contributed by atoms with Crippen molar-refractivity contribution in [3.05, 3.63) is 65.5 Å². The molecule has 0 saturated carbocycles. The molecule has 0 spiro atoms. The van der Waals surface area contributed by atoms with Crippen LogP contribution in [0.2, 0.25) is 0 Å². The average Bonchev–Trinajstić information content (AvgIpc) is 3.25. The van der Waals surface area contributed by atoms with Crippen molar-refractivity contribution in [1.82, 2.24) is 15.2 Å². The molecule has 2 aromatic rings. The number of nitrogens with two attached hydrogens (primary N) is 1. The quantitative estimate of drug-likeness (QED) is 0.590. The molecule has 5 nitrogen and oxygen atoms in total. The molecule has 0 radical (unpaired) electrons. The first-order valence-electron chi connectivity index (χ1n) is 11.6. The van der Waals surface area contributed by atoms with Crippen LogP contribution in [0.15, 0.2) is 48.7 Å². The van der Waals surface area contributed by atoms with E-state index in [9.17, 15) is 0 Å². The van der Waals surface area contributed by atoms with E-state index in [2.05, 4.69) is 46.6 Å². The number of nitrogens with one attached hydrogen (secondary N) is 1. The fraction of sp³-hybridized carbons (Fsp3) is 0.560. The molecule has 2 unspecified atom stereocenters. The summed E-state index contributed by atoms with van der Waals surface area (Å²) < 4.78 is 6.19. The molecule has 1 aromatic heterocycles. The largest absolute Gasteiger partial charge is 0.372 e. The summed E-state index contributed by atoms with van der Waals surface area (Å²) in [6, 6.07) is 15.7. The zero-order valence-corrected chi connectivity index (χ0v) is 18.0. The van der Waals surface area contributed by atoms with Crippen LogP contribution in [0.5, 0.6) is 0 Å². The van der Waals surface area contributed by atoms with Gasteiger partial charge in [-0.05, 0) is 68.8 Å². The van der Waals surface area contributed by atoms with Gasteiger partial charge in [-0.15, -0.1) is 0 Å². The molecule has 1 aliphatic heterocycles. The van der Waals surface area contributed by atoms with E-state index < -0.39 is 0 Å². The van der Waals surface area contributed by atoms with Gasteiger partial charge in [-0.3, -0.25) is 9.88 Å². The van der Waals surface area contributed by atoms with Crippen molar-refractivity contribution >= 4 is 0 Å². The van der Waals surface area contributed by atoms with Gasteiger partial charge in [-0.25, -0.2) is 0 Å². The number of unbranched alkanes of at least 4 members (excludes halogenated alkanes) is 1. The van der Waals surface area contributed by atoms with E-state index in [0.717, 1.165) is 51.9 Å². The first kappa shape index (κ1) is 21.4. The number of rotatable bonds is 10. The molecule has 2 heterocycles. The van der Waals surface area contributed by atoms with Crippen LogP contribution in [0.4, 0.5) is 0 Å². The molecule has 3 N–H and O–H groups in total. The summed E-state index contributed by atoms with van der Waals surface area (Å²) in [5.41, 5.74) is 9.75. The molecule has 0 amide bonds. The molecule has 0 bridgehead atoms. The van der Waals surface area contributed by atoms with Crippen molar-refractivity contribution in [2.45, 2.75) is 63.3 Å². The number of ether oxygens (including phenoxy) is 1. The summed E-state index contributed by atoms with van der Waals surface area (Å²) in [5, 5.41) is 3.72. The third-order valence-corrected chi connectivity index (χ3v) is 6.47. The highest BCUT2D eigenvalue weighted by atomic mass is 16.5. The second kappa shape index (κ2) is 11.0. The number of nitrogens with zero attached hydrogens (tertiary/aromatic N) is 2. The summed E-state index contributed by atoms with van der Waals surface area (Å²) >= 11 is 0. The standard InChI is InChI=1S/C25H36N4O/c26-13-4-5-15-29(24-12-6-10-21-11-7-14-27-25(21)24)18-22-16-23(17-28-22)30-19-20-8-2-1-3-9-20/h1-3,7-9,11,14,22-24,28H,4-6,10,12-13,15-19,26H2/t22?,23?,24-/m0/s1. The SMILES string of the molecule is NCCCCN(CC1CC(OCc2ccccc2)CN1)[C@H]1CCCc2cccnc21. The average molecular weight is 409 g/mol. The molecular weight excluding hydrogens is 372 g/mol. The topological polar surface area (TPSA) is 63.4 Å². The van der Waals surface area contributed by atoms with Crippen molar-refractivity contribution < 1.29 is 4.74 Å².